The first-order valence-electron chi connectivity index (χ1n) is 4.20. The molecule has 2 unspecified atom stereocenters. The molecule has 1 aliphatic heterocycles. The van der Waals surface area contributed by atoms with Crippen molar-refractivity contribution in [3.63, 3.8) is 0 Å². The van der Waals surface area contributed by atoms with Gasteiger partial charge in [-0.2, -0.15) is 0 Å². The van der Waals surface area contributed by atoms with Gasteiger partial charge in [-0.05, 0) is 25.8 Å². The molecular formula is C8H16INO. The van der Waals surface area contributed by atoms with Crippen molar-refractivity contribution in [2.45, 2.75) is 19.4 Å². The van der Waals surface area contributed by atoms with Crippen LogP contribution in [0.1, 0.15) is 13.3 Å². The summed E-state index contributed by atoms with van der Waals surface area (Å²) in [5, 5.41) is 8.99. The molecule has 2 atom stereocenters. The second-order valence-corrected chi connectivity index (χ2v) is 4.28. The second kappa shape index (κ2) is 4.62. The number of nitrogens with zero attached hydrogens (tertiary/aromatic N) is 1. The highest BCUT2D eigenvalue weighted by molar-refractivity contribution is 14.1. The number of likely N-dealkylation sites (tertiary alicyclic amines) is 1. The first kappa shape index (κ1) is 9.74. The van der Waals surface area contributed by atoms with Crippen molar-refractivity contribution < 1.29 is 5.11 Å². The van der Waals surface area contributed by atoms with Crippen LogP contribution in [0.15, 0.2) is 0 Å². The molecule has 1 fully saturated rings. The van der Waals surface area contributed by atoms with E-state index in [-0.39, 0.29) is 0 Å². The highest BCUT2D eigenvalue weighted by Crippen LogP contribution is 2.22. The lowest BCUT2D eigenvalue weighted by Gasteiger charge is -2.22. The summed E-state index contributed by atoms with van der Waals surface area (Å²) >= 11 is 2.40. The third-order valence-electron chi connectivity index (χ3n) is 2.65. The van der Waals surface area contributed by atoms with E-state index >= 15 is 0 Å². The minimum absolute atomic E-state index is 0.360. The van der Waals surface area contributed by atoms with Crippen molar-refractivity contribution in [3.05, 3.63) is 0 Å². The predicted octanol–water partition coefficient (Wildman–Crippen LogP) is 1.12. The van der Waals surface area contributed by atoms with E-state index in [0.717, 1.165) is 0 Å². The molecule has 0 bridgehead atoms. The first-order valence-corrected chi connectivity index (χ1v) is 5.73. The molecule has 1 rings (SSSR count). The molecule has 66 valence electrons. The Balaban J connectivity index is 2.35. The molecule has 1 saturated heterocycles. The number of aliphatic hydroxyl groups is 1. The molecular weight excluding hydrogens is 253 g/mol. The summed E-state index contributed by atoms with van der Waals surface area (Å²) in [6, 6.07) is 0.592. The van der Waals surface area contributed by atoms with Crippen LogP contribution < -0.4 is 0 Å². The summed E-state index contributed by atoms with van der Waals surface area (Å²) < 4.78 is 1.19. The number of rotatable bonds is 3. The van der Waals surface area contributed by atoms with Gasteiger partial charge < -0.3 is 5.11 Å². The van der Waals surface area contributed by atoms with Gasteiger partial charge in [-0.3, -0.25) is 4.90 Å². The standard InChI is InChI=1S/C8H16INO/c1-7-8(6-11)2-4-10(7)5-3-9/h7-8,11H,2-6H2,1H3. The van der Waals surface area contributed by atoms with Crippen molar-refractivity contribution in [2.24, 2.45) is 5.92 Å². The Kier molecular flexibility index (Phi) is 4.09. The average molecular weight is 269 g/mol. The van der Waals surface area contributed by atoms with Crippen molar-refractivity contribution in [1.29, 1.82) is 0 Å². The maximum Gasteiger partial charge on any atom is 0.0474 e. The van der Waals surface area contributed by atoms with Crippen molar-refractivity contribution in [3.8, 4) is 0 Å². The number of alkyl halides is 1. The van der Waals surface area contributed by atoms with Crippen LogP contribution in [-0.2, 0) is 0 Å². The van der Waals surface area contributed by atoms with E-state index in [1.54, 1.807) is 0 Å². The Morgan fingerprint density at radius 2 is 2.36 bits per heavy atom. The van der Waals surface area contributed by atoms with Crippen molar-refractivity contribution in [1.82, 2.24) is 4.90 Å². The van der Waals surface area contributed by atoms with Crippen LogP contribution in [0, 0.1) is 5.92 Å². The number of hydrogen-bond acceptors (Lipinski definition) is 2. The quantitative estimate of drug-likeness (QED) is 0.613. The SMILES string of the molecule is CC1C(CO)CCN1CCI. The van der Waals surface area contributed by atoms with E-state index in [0.29, 0.717) is 18.6 Å². The van der Waals surface area contributed by atoms with Gasteiger partial charge in [-0.1, -0.05) is 22.6 Å². The van der Waals surface area contributed by atoms with E-state index in [2.05, 4.69) is 34.4 Å². The maximum atomic E-state index is 8.99. The van der Waals surface area contributed by atoms with Gasteiger partial charge in [0.1, 0.15) is 0 Å². The molecule has 0 aromatic heterocycles. The Hall–Kier alpha value is 0.650. The highest BCUT2D eigenvalue weighted by atomic mass is 127. The molecule has 0 spiro atoms. The molecule has 0 aliphatic carbocycles. The molecule has 3 heteroatoms. The summed E-state index contributed by atoms with van der Waals surface area (Å²) in [6.45, 7) is 4.94. The second-order valence-electron chi connectivity index (χ2n) is 3.20. The lowest BCUT2D eigenvalue weighted by atomic mass is 10.0. The number of hydrogen-bond donors (Lipinski definition) is 1. The molecule has 2 nitrogen and oxygen atoms in total. The van der Waals surface area contributed by atoms with Crippen LogP contribution in [0.2, 0.25) is 0 Å². The molecule has 1 heterocycles. The van der Waals surface area contributed by atoms with E-state index in [1.165, 1.54) is 23.9 Å². The fourth-order valence-electron chi connectivity index (χ4n) is 1.74. The van der Waals surface area contributed by atoms with Gasteiger partial charge in [0.25, 0.3) is 0 Å². The molecule has 0 aromatic carbocycles. The zero-order valence-corrected chi connectivity index (χ0v) is 9.12. The van der Waals surface area contributed by atoms with E-state index in [1.807, 2.05) is 0 Å². The van der Waals surface area contributed by atoms with Crippen LogP contribution in [0.25, 0.3) is 0 Å². The minimum Gasteiger partial charge on any atom is -0.396 e. The molecule has 11 heavy (non-hydrogen) atoms. The normalized spacial score (nSPS) is 33.0. The third-order valence-corrected chi connectivity index (χ3v) is 3.13. The number of aliphatic hydroxyl groups excluding tert-OH is 1. The van der Waals surface area contributed by atoms with Gasteiger partial charge in [0.15, 0.2) is 0 Å². The molecule has 0 amide bonds. The summed E-state index contributed by atoms with van der Waals surface area (Å²) in [7, 11) is 0. The number of halogens is 1. The fraction of sp³-hybridized carbons (Fsp3) is 1.00. The molecule has 1 N–H and O–H groups in total. The van der Waals surface area contributed by atoms with Crippen LogP contribution in [0.4, 0.5) is 0 Å². The zero-order chi connectivity index (χ0) is 8.27. The van der Waals surface area contributed by atoms with Gasteiger partial charge in [0.05, 0.1) is 0 Å². The van der Waals surface area contributed by atoms with E-state index < -0.39 is 0 Å². The molecule has 0 radical (unpaired) electrons. The minimum atomic E-state index is 0.360. The largest absolute Gasteiger partial charge is 0.396 e. The van der Waals surface area contributed by atoms with Crippen LogP contribution in [0.3, 0.4) is 0 Å². The monoisotopic (exact) mass is 269 g/mol. The van der Waals surface area contributed by atoms with Crippen molar-refractivity contribution >= 4 is 22.6 Å². The van der Waals surface area contributed by atoms with Gasteiger partial charge in [0.2, 0.25) is 0 Å². The average Bonchev–Trinajstić information content (AvgIpc) is 2.34. The van der Waals surface area contributed by atoms with Gasteiger partial charge >= 0.3 is 0 Å². The Morgan fingerprint density at radius 1 is 1.64 bits per heavy atom. The first-order chi connectivity index (χ1) is 5.29. The predicted molar refractivity (Wildman–Crippen MR) is 55.1 cm³/mol. The molecule has 0 saturated carbocycles. The summed E-state index contributed by atoms with van der Waals surface area (Å²) in [4.78, 5) is 2.47. The summed E-state index contributed by atoms with van der Waals surface area (Å²) in [5.41, 5.74) is 0. The topological polar surface area (TPSA) is 23.5 Å². The van der Waals surface area contributed by atoms with Gasteiger partial charge in [-0.25, -0.2) is 0 Å². The summed E-state index contributed by atoms with van der Waals surface area (Å²) in [5.74, 6) is 0.526. The molecule has 0 aromatic rings. The van der Waals surface area contributed by atoms with Crippen molar-refractivity contribution in [2.75, 3.05) is 24.1 Å². The van der Waals surface area contributed by atoms with Crippen LogP contribution in [0.5, 0.6) is 0 Å². The van der Waals surface area contributed by atoms with E-state index in [4.69, 9.17) is 5.11 Å². The highest BCUT2D eigenvalue weighted by Gasteiger charge is 2.28. The van der Waals surface area contributed by atoms with Gasteiger partial charge in [-0.15, -0.1) is 0 Å². The summed E-state index contributed by atoms with van der Waals surface area (Å²) in [6.07, 6.45) is 1.17. The fourth-order valence-corrected chi connectivity index (χ4v) is 2.36. The smallest absolute Gasteiger partial charge is 0.0474 e. The lowest BCUT2D eigenvalue weighted by molar-refractivity contribution is 0.181. The maximum absolute atomic E-state index is 8.99. The third kappa shape index (κ3) is 2.29. The lowest BCUT2D eigenvalue weighted by Crippen LogP contribution is -2.32. The van der Waals surface area contributed by atoms with Crippen LogP contribution >= 0.6 is 22.6 Å². The van der Waals surface area contributed by atoms with E-state index in [9.17, 15) is 0 Å². The van der Waals surface area contributed by atoms with Gasteiger partial charge in [0, 0.05) is 23.6 Å². The Labute approximate surface area is 82.1 Å². The Bertz CT molecular complexity index is 121. The zero-order valence-electron chi connectivity index (χ0n) is 6.96. The molecule has 1 aliphatic rings. The van der Waals surface area contributed by atoms with Crippen LogP contribution in [-0.4, -0.2) is 40.2 Å². The Morgan fingerprint density at radius 3 is 2.82 bits per heavy atom.